The van der Waals surface area contributed by atoms with Gasteiger partial charge in [0, 0.05) is 12.0 Å². The molecule has 1 aliphatic rings. The van der Waals surface area contributed by atoms with E-state index < -0.39 is 10.0 Å². The van der Waals surface area contributed by atoms with Crippen LogP contribution in [0.15, 0.2) is 41.8 Å². The number of hydrogen-bond acceptors (Lipinski definition) is 3. The second-order valence-electron chi connectivity index (χ2n) is 5.79. The van der Waals surface area contributed by atoms with E-state index in [-0.39, 0.29) is 6.04 Å². The van der Waals surface area contributed by atoms with Gasteiger partial charge in [0.15, 0.2) is 0 Å². The molecule has 6 heteroatoms. The van der Waals surface area contributed by atoms with Crippen molar-refractivity contribution >= 4 is 21.4 Å². The molecule has 22 heavy (non-hydrogen) atoms. The van der Waals surface area contributed by atoms with Crippen molar-refractivity contribution in [1.29, 1.82) is 0 Å². The zero-order valence-corrected chi connectivity index (χ0v) is 14.2. The molecule has 1 aromatic heterocycles. The molecule has 2 N–H and O–H groups in total. The van der Waals surface area contributed by atoms with Crippen molar-refractivity contribution in [2.45, 2.75) is 19.0 Å². The van der Waals surface area contributed by atoms with Crippen molar-refractivity contribution in [3.05, 3.63) is 57.8 Å². The number of fused-ring (bicyclic) bond motifs is 1. The van der Waals surface area contributed by atoms with Gasteiger partial charge in [-0.1, -0.05) is 30.3 Å². The number of nitrogens with one attached hydrogen (secondary N) is 2. The Labute approximate surface area is 135 Å². The molecule has 1 aromatic carbocycles. The lowest BCUT2D eigenvalue weighted by molar-refractivity contribution is -0.945. The molecule has 0 spiro atoms. The Bertz CT molecular complexity index is 726. The maximum Gasteiger partial charge on any atom is 0.208 e. The van der Waals surface area contributed by atoms with Gasteiger partial charge >= 0.3 is 0 Å². The average Bonchev–Trinajstić information content (AvgIpc) is 3.00. The maximum atomic E-state index is 11.5. The van der Waals surface area contributed by atoms with Crippen LogP contribution in [0.2, 0.25) is 0 Å². The minimum Gasteiger partial charge on any atom is -0.323 e. The Morgan fingerprint density at radius 1 is 1.23 bits per heavy atom. The lowest BCUT2D eigenvalue weighted by Gasteiger charge is -2.32. The third kappa shape index (κ3) is 3.76. The Kier molecular flexibility index (Phi) is 4.63. The minimum absolute atomic E-state index is 0.170. The summed E-state index contributed by atoms with van der Waals surface area (Å²) in [7, 11) is -3.17. The fourth-order valence-electron chi connectivity index (χ4n) is 3.07. The smallest absolute Gasteiger partial charge is 0.208 e. The van der Waals surface area contributed by atoms with Crippen LogP contribution in [0.5, 0.6) is 0 Å². The average molecular weight is 337 g/mol. The summed E-state index contributed by atoms with van der Waals surface area (Å²) in [5.41, 5.74) is 2.80. The molecule has 2 aromatic rings. The second kappa shape index (κ2) is 6.50. The summed E-state index contributed by atoms with van der Waals surface area (Å²) in [6.07, 6.45) is 2.27. The third-order valence-corrected chi connectivity index (χ3v) is 5.86. The largest absolute Gasteiger partial charge is 0.323 e. The molecule has 2 heterocycles. The molecule has 0 bridgehead atoms. The number of rotatable bonds is 5. The zero-order chi connectivity index (χ0) is 15.6. The van der Waals surface area contributed by atoms with Gasteiger partial charge in [-0.15, -0.1) is 11.3 Å². The van der Waals surface area contributed by atoms with Crippen LogP contribution in [0.4, 0.5) is 0 Å². The Balaban J connectivity index is 1.81. The fourth-order valence-corrected chi connectivity index (χ4v) is 4.42. The third-order valence-electron chi connectivity index (χ3n) is 4.18. The highest BCUT2D eigenvalue weighted by Crippen LogP contribution is 2.19. The minimum atomic E-state index is -3.17. The Morgan fingerprint density at radius 2 is 2.00 bits per heavy atom. The summed E-state index contributed by atoms with van der Waals surface area (Å²) < 4.78 is 25.6. The molecular weight excluding hydrogens is 316 g/mol. The molecule has 0 fully saturated rings. The van der Waals surface area contributed by atoms with Crippen LogP contribution in [-0.2, 0) is 23.0 Å². The van der Waals surface area contributed by atoms with Crippen molar-refractivity contribution in [3.8, 4) is 0 Å². The fraction of sp³-hybridized carbons (Fsp3) is 0.375. The van der Waals surface area contributed by atoms with Gasteiger partial charge in [-0.25, -0.2) is 13.1 Å². The highest BCUT2D eigenvalue weighted by molar-refractivity contribution is 7.88. The molecule has 3 rings (SSSR count). The Hall–Kier alpha value is -1.21. The molecule has 1 aliphatic heterocycles. The van der Waals surface area contributed by atoms with E-state index in [9.17, 15) is 8.42 Å². The van der Waals surface area contributed by atoms with Crippen LogP contribution in [0, 0.1) is 0 Å². The van der Waals surface area contributed by atoms with Gasteiger partial charge in [-0.3, -0.25) is 0 Å². The van der Waals surface area contributed by atoms with E-state index in [1.165, 1.54) is 27.2 Å². The van der Waals surface area contributed by atoms with Crippen molar-refractivity contribution in [2.75, 3.05) is 19.3 Å². The molecule has 1 unspecified atom stereocenters. The molecule has 4 nitrogen and oxygen atoms in total. The van der Waals surface area contributed by atoms with Crippen LogP contribution < -0.4 is 9.62 Å². The molecule has 0 aliphatic carbocycles. The van der Waals surface area contributed by atoms with Crippen molar-refractivity contribution in [2.24, 2.45) is 0 Å². The predicted octanol–water partition coefficient (Wildman–Crippen LogP) is 0.980. The van der Waals surface area contributed by atoms with Crippen LogP contribution in [-0.4, -0.2) is 27.8 Å². The normalized spacial score (nSPS) is 19.6. The number of sulfonamides is 1. The number of thiophene rings is 1. The quantitative estimate of drug-likeness (QED) is 0.855. The van der Waals surface area contributed by atoms with E-state index in [0.29, 0.717) is 6.54 Å². The van der Waals surface area contributed by atoms with E-state index in [1.807, 2.05) is 6.07 Å². The number of quaternary nitrogens is 1. The monoisotopic (exact) mass is 337 g/mol. The summed E-state index contributed by atoms with van der Waals surface area (Å²) >= 11 is 1.70. The highest BCUT2D eigenvalue weighted by Gasteiger charge is 2.29. The molecule has 0 saturated carbocycles. The molecular formula is C16H21N2O2S2+. The molecule has 2 atom stereocenters. The van der Waals surface area contributed by atoms with Crippen LogP contribution in [0.1, 0.15) is 22.0 Å². The second-order valence-corrected chi connectivity index (χ2v) is 8.60. The topological polar surface area (TPSA) is 50.6 Å². The van der Waals surface area contributed by atoms with Gasteiger partial charge in [-0.2, -0.15) is 0 Å². The summed E-state index contributed by atoms with van der Waals surface area (Å²) in [5.74, 6) is 0. The van der Waals surface area contributed by atoms with Crippen LogP contribution >= 0.6 is 11.3 Å². The Morgan fingerprint density at radius 3 is 2.68 bits per heavy atom. The maximum absolute atomic E-state index is 11.5. The summed E-state index contributed by atoms with van der Waals surface area (Å²) in [4.78, 5) is 2.67. The van der Waals surface area contributed by atoms with Crippen molar-refractivity contribution < 1.29 is 13.3 Å². The zero-order valence-electron chi connectivity index (χ0n) is 12.6. The van der Waals surface area contributed by atoms with E-state index in [4.69, 9.17) is 0 Å². The van der Waals surface area contributed by atoms with E-state index in [0.717, 1.165) is 19.5 Å². The van der Waals surface area contributed by atoms with Gasteiger partial charge in [0.05, 0.1) is 24.2 Å². The first-order chi connectivity index (χ1) is 10.5. The van der Waals surface area contributed by atoms with Crippen molar-refractivity contribution in [1.82, 2.24) is 4.72 Å². The predicted molar refractivity (Wildman–Crippen MR) is 89.6 cm³/mol. The first-order valence-corrected chi connectivity index (χ1v) is 10.2. The molecule has 0 radical (unpaired) electrons. The van der Waals surface area contributed by atoms with E-state index in [2.05, 4.69) is 40.4 Å². The van der Waals surface area contributed by atoms with Gasteiger partial charge in [0.2, 0.25) is 10.0 Å². The SMILES string of the molecule is CS(=O)(=O)NC[C@@H](c1cccs1)[NH+]1CCc2ccccc2C1. The lowest BCUT2D eigenvalue weighted by Crippen LogP contribution is -3.12. The standard InChI is InChI=1S/C16H20N2O2S2/c1-22(19,20)17-11-15(16-7-4-10-21-16)18-9-8-13-5-2-3-6-14(13)12-18/h2-7,10,15,17H,8-9,11-12H2,1H3/p+1/t15-/m0/s1. The molecule has 0 amide bonds. The first-order valence-electron chi connectivity index (χ1n) is 7.42. The van der Waals surface area contributed by atoms with E-state index in [1.54, 1.807) is 11.3 Å². The molecule has 118 valence electrons. The summed E-state index contributed by atoms with van der Waals surface area (Å²) in [6, 6.07) is 12.9. The lowest BCUT2D eigenvalue weighted by atomic mass is 9.98. The summed E-state index contributed by atoms with van der Waals surface area (Å²) in [6.45, 7) is 2.44. The van der Waals surface area contributed by atoms with Crippen LogP contribution in [0.3, 0.4) is 0 Å². The molecule has 0 saturated heterocycles. The highest BCUT2D eigenvalue weighted by atomic mass is 32.2. The van der Waals surface area contributed by atoms with Gasteiger partial charge in [-0.05, 0) is 17.0 Å². The summed E-state index contributed by atoms with van der Waals surface area (Å²) in [5, 5.41) is 2.06. The van der Waals surface area contributed by atoms with Gasteiger partial charge < -0.3 is 4.90 Å². The van der Waals surface area contributed by atoms with Gasteiger partial charge in [0.1, 0.15) is 12.6 Å². The number of benzene rings is 1. The number of hydrogen-bond donors (Lipinski definition) is 2. The van der Waals surface area contributed by atoms with Crippen LogP contribution in [0.25, 0.3) is 0 Å². The van der Waals surface area contributed by atoms with Gasteiger partial charge in [0.25, 0.3) is 0 Å². The van der Waals surface area contributed by atoms with E-state index >= 15 is 0 Å². The van der Waals surface area contributed by atoms with Crippen molar-refractivity contribution in [3.63, 3.8) is 0 Å². The first kappa shape index (κ1) is 15.7.